The molecule has 2 heterocycles. The number of aromatic amines is 1. The minimum absolute atomic E-state index is 0.156. The van der Waals surface area contributed by atoms with E-state index in [1.165, 1.54) is 6.07 Å². The number of benzene rings is 1. The number of hydrogen-bond acceptors (Lipinski definition) is 2. The summed E-state index contributed by atoms with van der Waals surface area (Å²) in [5.74, 6) is -0.126. The number of hydrogen-bond donors (Lipinski definition) is 1. The zero-order valence-corrected chi connectivity index (χ0v) is 11.5. The summed E-state index contributed by atoms with van der Waals surface area (Å²) in [6.45, 7) is 0. The highest BCUT2D eigenvalue weighted by Gasteiger charge is 2.12. The molecule has 0 aliphatic heterocycles. The normalized spacial score (nSPS) is 11.2. The topological polar surface area (TPSA) is 41.6 Å². The van der Waals surface area contributed by atoms with Crippen LogP contribution in [0, 0.1) is 5.82 Å². The second-order valence-corrected chi connectivity index (χ2v) is 5.04. The number of aromatic nitrogens is 3. The highest BCUT2D eigenvalue weighted by atomic mass is 35.5. The van der Waals surface area contributed by atoms with Gasteiger partial charge in [-0.2, -0.15) is 0 Å². The predicted molar refractivity (Wildman–Crippen MR) is 74.3 cm³/mol. The first-order valence-electron chi connectivity index (χ1n) is 5.22. The van der Waals surface area contributed by atoms with E-state index in [0.717, 1.165) is 0 Å². The van der Waals surface area contributed by atoms with Crippen molar-refractivity contribution in [3.05, 3.63) is 45.3 Å². The molecule has 0 amide bonds. The maximum absolute atomic E-state index is 13.8. The SMILES string of the molecule is Fc1cc(Cl)ccc1-c1nc2nc(Cl)c(Cl)cc2[nH]1. The Morgan fingerprint density at radius 3 is 2.58 bits per heavy atom. The molecule has 0 fully saturated rings. The lowest BCUT2D eigenvalue weighted by Gasteiger charge is -1.98. The summed E-state index contributed by atoms with van der Waals surface area (Å²) < 4.78 is 13.8. The van der Waals surface area contributed by atoms with Crippen LogP contribution in [0.15, 0.2) is 24.3 Å². The summed E-state index contributed by atoms with van der Waals surface area (Å²) in [4.78, 5) is 11.1. The van der Waals surface area contributed by atoms with Crippen LogP contribution in [0.4, 0.5) is 4.39 Å². The first-order chi connectivity index (χ1) is 9.04. The van der Waals surface area contributed by atoms with E-state index in [9.17, 15) is 4.39 Å². The van der Waals surface area contributed by atoms with Crippen LogP contribution in [0.2, 0.25) is 15.2 Å². The van der Waals surface area contributed by atoms with Gasteiger partial charge in [-0.15, -0.1) is 0 Å². The fourth-order valence-corrected chi connectivity index (χ4v) is 2.15. The molecule has 0 radical (unpaired) electrons. The van der Waals surface area contributed by atoms with Gasteiger partial charge in [0.05, 0.1) is 16.1 Å². The molecule has 0 aliphatic carbocycles. The van der Waals surface area contributed by atoms with E-state index in [1.807, 2.05) is 0 Å². The Labute approximate surface area is 122 Å². The summed E-state index contributed by atoms with van der Waals surface area (Å²) >= 11 is 17.4. The lowest BCUT2D eigenvalue weighted by Crippen LogP contribution is -1.86. The van der Waals surface area contributed by atoms with Gasteiger partial charge in [0, 0.05) is 5.02 Å². The van der Waals surface area contributed by atoms with Crippen LogP contribution in [0.25, 0.3) is 22.6 Å². The molecule has 0 saturated carbocycles. The molecule has 7 heteroatoms. The molecule has 3 nitrogen and oxygen atoms in total. The first-order valence-corrected chi connectivity index (χ1v) is 6.35. The van der Waals surface area contributed by atoms with Gasteiger partial charge in [0.15, 0.2) is 5.65 Å². The fraction of sp³-hybridized carbons (Fsp3) is 0. The van der Waals surface area contributed by atoms with Crippen molar-refractivity contribution in [3.8, 4) is 11.4 Å². The van der Waals surface area contributed by atoms with Crippen molar-refractivity contribution in [1.29, 1.82) is 0 Å². The minimum atomic E-state index is -0.469. The van der Waals surface area contributed by atoms with Crippen LogP contribution in [-0.4, -0.2) is 15.0 Å². The van der Waals surface area contributed by atoms with Crippen molar-refractivity contribution in [1.82, 2.24) is 15.0 Å². The number of imidazole rings is 1. The molecule has 3 aromatic rings. The first kappa shape index (κ1) is 12.7. The molecular weight excluding hydrogens is 312 g/mol. The van der Waals surface area contributed by atoms with Crippen molar-refractivity contribution in [2.45, 2.75) is 0 Å². The predicted octanol–water partition coefficient (Wildman–Crippen LogP) is 4.72. The molecule has 96 valence electrons. The average Bonchev–Trinajstić information content (AvgIpc) is 2.72. The van der Waals surface area contributed by atoms with E-state index in [0.29, 0.717) is 32.6 Å². The number of nitrogens with zero attached hydrogens (tertiary/aromatic N) is 2. The van der Waals surface area contributed by atoms with Crippen LogP contribution in [-0.2, 0) is 0 Å². The van der Waals surface area contributed by atoms with Crippen molar-refractivity contribution >= 4 is 46.0 Å². The van der Waals surface area contributed by atoms with Gasteiger partial charge >= 0.3 is 0 Å². The second kappa shape index (κ2) is 4.63. The number of nitrogens with one attached hydrogen (secondary N) is 1. The van der Waals surface area contributed by atoms with Gasteiger partial charge in [-0.05, 0) is 24.3 Å². The zero-order chi connectivity index (χ0) is 13.6. The van der Waals surface area contributed by atoms with Crippen LogP contribution >= 0.6 is 34.8 Å². The van der Waals surface area contributed by atoms with Gasteiger partial charge in [0.25, 0.3) is 0 Å². The van der Waals surface area contributed by atoms with Crippen molar-refractivity contribution in [2.24, 2.45) is 0 Å². The summed E-state index contributed by atoms with van der Waals surface area (Å²) in [5, 5.41) is 0.784. The molecule has 0 spiro atoms. The number of pyridine rings is 1. The monoisotopic (exact) mass is 315 g/mol. The van der Waals surface area contributed by atoms with E-state index in [4.69, 9.17) is 34.8 Å². The Morgan fingerprint density at radius 1 is 1.05 bits per heavy atom. The second-order valence-electron chi connectivity index (χ2n) is 3.84. The molecule has 3 rings (SSSR count). The van der Waals surface area contributed by atoms with Crippen LogP contribution in [0.1, 0.15) is 0 Å². The lowest BCUT2D eigenvalue weighted by atomic mass is 10.2. The third-order valence-electron chi connectivity index (χ3n) is 2.57. The average molecular weight is 317 g/mol. The van der Waals surface area contributed by atoms with Gasteiger partial charge in [-0.3, -0.25) is 0 Å². The standard InChI is InChI=1S/C12H5Cl3FN3/c13-5-1-2-6(8(16)3-5)11-17-9-4-7(14)10(15)18-12(9)19-11/h1-4H,(H,17,18,19). The fourth-order valence-electron chi connectivity index (χ4n) is 1.71. The molecule has 0 bridgehead atoms. The zero-order valence-electron chi connectivity index (χ0n) is 9.22. The summed E-state index contributed by atoms with van der Waals surface area (Å²) in [5.41, 5.74) is 1.26. The highest BCUT2D eigenvalue weighted by molar-refractivity contribution is 6.41. The van der Waals surface area contributed by atoms with Gasteiger partial charge in [0.1, 0.15) is 16.8 Å². The Kier molecular flexibility index (Phi) is 3.09. The molecule has 0 atom stereocenters. The molecule has 19 heavy (non-hydrogen) atoms. The van der Waals surface area contributed by atoms with E-state index in [2.05, 4.69) is 15.0 Å². The highest BCUT2D eigenvalue weighted by Crippen LogP contribution is 2.28. The van der Waals surface area contributed by atoms with E-state index < -0.39 is 5.82 Å². The van der Waals surface area contributed by atoms with Gasteiger partial charge in [-0.1, -0.05) is 34.8 Å². The molecule has 1 aromatic carbocycles. The van der Waals surface area contributed by atoms with Crippen molar-refractivity contribution < 1.29 is 4.39 Å². The van der Waals surface area contributed by atoms with Crippen LogP contribution < -0.4 is 0 Å². The quantitative estimate of drug-likeness (QED) is 0.660. The van der Waals surface area contributed by atoms with Gasteiger partial charge in [-0.25, -0.2) is 14.4 Å². The summed E-state index contributed by atoms with van der Waals surface area (Å²) in [7, 11) is 0. The summed E-state index contributed by atoms with van der Waals surface area (Å²) in [6, 6.07) is 5.94. The molecule has 2 aromatic heterocycles. The van der Waals surface area contributed by atoms with E-state index >= 15 is 0 Å². The maximum atomic E-state index is 13.8. The van der Waals surface area contributed by atoms with Crippen LogP contribution in [0.5, 0.6) is 0 Å². The number of rotatable bonds is 1. The Hall–Kier alpha value is -1.36. The van der Waals surface area contributed by atoms with Crippen molar-refractivity contribution in [3.63, 3.8) is 0 Å². The molecule has 0 aliphatic rings. The van der Waals surface area contributed by atoms with Gasteiger partial charge in [0.2, 0.25) is 0 Å². The Bertz CT molecular complexity index is 746. The third-order valence-corrected chi connectivity index (χ3v) is 3.48. The largest absolute Gasteiger partial charge is 0.336 e. The molecule has 1 N–H and O–H groups in total. The Morgan fingerprint density at radius 2 is 1.84 bits per heavy atom. The third kappa shape index (κ3) is 2.27. The summed E-state index contributed by atoms with van der Waals surface area (Å²) in [6.07, 6.45) is 0. The smallest absolute Gasteiger partial charge is 0.179 e. The number of fused-ring (bicyclic) bond motifs is 1. The number of H-pyrrole nitrogens is 1. The number of halogens is 4. The molecular formula is C12H5Cl3FN3. The maximum Gasteiger partial charge on any atom is 0.179 e. The van der Waals surface area contributed by atoms with E-state index in [-0.39, 0.29) is 5.15 Å². The van der Waals surface area contributed by atoms with Crippen LogP contribution in [0.3, 0.4) is 0 Å². The lowest BCUT2D eigenvalue weighted by molar-refractivity contribution is 0.630. The molecule has 0 saturated heterocycles. The Balaban J connectivity index is 2.20. The van der Waals surface area contributed by atoms with Gasteiger partial charge < -0.3 is 4.98 Å². The molecule has 0 unspecified atom stereocenters. The van der Waals surface area contributed by atoms with Crippen molar-refractivity contribution in [2.75, 3.05) is 0 Å². The minimum Gasteiger partial charge on any atom is -0.336 e. The van der Waals surface area contributed by atoms with E-state index in [1.54, 1.807) is 18.2 Å².